The molecule has 0 spiro atoms. The number of hydrogen-bond donors (Lipinski definition) is 1. The highest BCUT2D eigenvalue weighted by Gasteiger charge is 2.32. The molecule has 1 unspecified atom stereocenters. The maximum absolute atomic E-state index is 13.9. The van der Waals surface area contributed by atoms with Crippen LogP contribution >= 0.6 is 11.6 Å². The number of nitrogens with zero attached hydrogens (tertiary/aromatic N) is 2. The Morgan fingerprint density at radius 3 is 2.10 bits per heavy atom. The number of nitrogens with one attached hydrogen (secondary N) is 1. The second kappa shape index (κ2) is 14.7. The lowest BCUT2D eigenvalue weighted by Crippen LogP contribution is -2.54. The molecular formula is C33H42ClN3O4S. The SMILES string of the molecule is CCc1ccc(N(CCCC(=O)N(Cc2ccccc2Cl)C(Cc2ccccc2)C(=O)NC(C)(C)C)S(C)(=O)=O)cc1. The Bertz CT molecular complexity index is 1440. The van der Waals surface area contributed by atoms with Crippen LogP contribution in [0, 0.1) is 0 Å². The van der Waals surface area contributed by atoms with Crippen molar-refractivity contribution in [1.82, 2.24) is 10.2 Å². The zero-order chi connectivity index (χ0) is 30.9. The largest absolute Gasteiger partial charge is 0.350 e. The number of anilines is 1. The first-order valence-electron chi connectivity index (χ1n) is 14.2. The van der Waals surface area contributed by atoms with Crippen molar-refractivity contribution in [3.8, 4) is 0 Å². The number of aryl methyl sites for hydroxylation is 1. The molecule has 0 radical (unpaired) electrons. The summed E-state index contributed by atoms with van der Waals surface area (Å²) in [7, 11) is -3.57. The normalized spacial score (nSPS) is 12.4. The highest BCUT2D eigenvalue weighted by molar-refractivity contribution is 7.92. The van der Waals surface area contributed by atoms with Crippen LogP contribution in [0.5, 0.6) is 0 Å². The first-order chi connectivity index (χ1) is 19.8. The van der Waals surface area contributed by atoms with Crippen molar-refractivity contribution in [2.24, 2.45) is 0 Å². The van der Waals surface area contributed by atoms with Gasteiger partial charge in [0.2, 0.25) is 21.8 Å². The lowest BCUT2D eigenvalue weighted by molar-refractivity contribution is -0.142. The van der Waals surface area contributed by atoms with Gasteiger partial charge in [0.25, 0.3) is 0 Å². The number of benzene rings is 3. The van der Waals surface area contributed by atoms with E-state index in [-0.39, 0.29) is 37.7 Å². The summed E-state index contributed by atoms with van der Waals surface area (Å²) in [6.45, 7) is 8.01. The zero-order valence-electron chi connectivity index (χ0n) is 25.1. The minimum atomic E-state index is -3.57. The van der Waals surface area contributed by atoms with E-state index in [0.717, 1.165) is 23.1 Å². The molecule has 7 nitrogen and oxygen atoms in total. The lowest BCUT2D eigenvalue weighted by Gasteiger charge is -2.34. The quantitative estimate of drug-likeness (QED) is 0.257. The topological polar surface area (TPSA) is 86.8 Å². The predicted octanol–water partition coefficient (Wildman–Crippen LogP) is 6.00. The molecule has 2 amide bonds. The molecule has 0 bridgehead atoms. The molecule has 3 aromatic rings. The first kappa shape index (κ1) is 33.1. The molecule has 0 heterocycles. The highest BCUT2D eigenvalue weighted by Crippen LogP contribution is 2.23. The first-order valence-corrected chi connectivity index (χ1v) is 16.5. The molecule has 9 heteroatoms. The Hall–Kier alpha value is -3.36. The Kier molecular flexibility index (Phi) is 11.6. The molecule has 0 aliphatic heterocycles. The van der Waals surface area contributed by atoms with Crippen LogP contribution in [0.4, 0.5) is 5.69 Å². The van der Waals surface area contributed by atoms with Crippen LogP contribution in [0.3, 0.4) is 0 Å². The third-order valence-electron chi connectivity index (χ3n) is 6.85. The molecule has 3 aromatic carbocycles. The number of sulfonamides is 1. The van der Waals surface area contributed by atoms with Gasteiger partial charge < -0.3 is 10.2 Å². The summed E-state index contributed by atoms with van der Waals surface area (Å²) in [5.74, 6) is -0.518. The molecule has 0 aliphatic rings. The van der Waals surface area contributed by atoms with Gasteiger partial charge in [-0.2, -0.15) is 0 Å². The average Bonchev–Trinajstić information content (AvgIpc) is 2.93. The van der Waals surface area contributed by atoms with Gasteiger partial charge in [-0.25, -0.2) is 8.42 Å². The third kappa shape index (κ3) is 9.88. The van der Waals surface area contributed by atoms with E-state index in [1.807, 2.05) is 88.4 Å². The molecule has 0 fully saturated rings. The van der Waals surface area contributed by atoms with Crippen LogP contribution in [0.2, 0.25) is 5.02 Å². The summed E-state index contributed by atoms with van der Waals surface area (Å²) in [4.78, 5) is 29.2. The standard InChI is InChI=1S/C33H42ClN3O4S/c1-6-25-18-20-28(21-19-25)37(42(5,40)41)22-12-17-31(38)36(24-27-15-10-11-16-29(27)34)30(32(39)35-33(2,3)4)23-26-13-8-7-9-14-26/h7-11,13-16,18-21,30H,6,12,17,22-24H2,1-5H3,(H,35,39). The Labute approximate surface area is 255 Å². The van der Waals surface area contributed by atoms with Gasteiger partial charge in [0, 0.05) is 36.5 Å². The summed E-state index contributed by atoms with van der Waals surface area (Å²) in [5.41, 5.74) is 2.80. The monoisotopic (exact) mass is 611 g/mol. The minimum Gasteiger partial charge on any atom is -0.350 e. The number of amides is 2. The van der Waals surface area contributed by atoms with E-state index >= 15 is 0 Å². The fourth-order valence-corrected chi connectivity index (χ4v) is 5.88. The van der Waals surface area contributed by atoms with E-state index in [0.29, 0.717) is 17.1 Å². The maximum atomic E-state index is 13.9. The second-order valence-electron chi connectivity index (χ2n) is 11.5. The average molecular weight is 612 g/mol. The molecule has 1 N–H and O–H groups in total. The Morgan fingerprint density at radius 2 is 1.52 bits per heavy atom. The van der Waals surface area contributed by atoms with E-state index in [1.165, 1.54) is 10.6 Å². The number of hydrogen-bond acceptors (Lipinski definition) is 4. The summed E-state index contributed by atoms with van der Waals surface area (Å²) >= 11 is 6.50. The van der Waals surface area contributed by atoms with Crippen molar-refractivity contribution >= 4 is 39.1 Å². The van der Waals surface area contributed by atoms with E-state index in [9.17, 15) is 18.0 Å². The van der Waals surface area contributed by atoms with Crippen LogP contribution in [-0.2, 0) is 39.0 Å². The van der Waals surface area contributed by atoms with E-state index in [4.69, 9.17) is 11.6 Å². The second-order valence-corrected chi connectivity index (χ2v) is 13.8. The molecule has 0 saturated heterocycles. The van der Waals surface area contributed by atoms with Gasteiger partial charge in [0.1, 0.15) is 6.04 Å². The van der Waals surface area contributed by atoms with Crippen LogP contribution in [-0.4, -0.2) is 49.5 Å². The van der Waals surface area contributed by atoms with Crippen molar-refractivity contribution in [1.29, 1.82) is 0 Å². The smallest absolute Gasteiger partial charge is 0.243 e. The predicted molar refractivity (Wildman–Crippen MR) is 171 cm³/mol. The highest BCUT2D eigenvalue weighted by atomic mass is 35.5. The van der Waals surface area contributed by atoms with Gasteiger partial charge in [0.15, 0.2) is 0 Å². The Morgan fingerprint density at radius 1 is 0.905 bits per heavy atom. The minimum absolute atomic E-state index is 0.0532. The molecule has 226 valence electrons. The molecule has 0 aliphatic carbocycles. The number of halogens is 1. The van der Waals surface area contributed by atoms with Crippen molar-refractivity contribution in [3.63, 3.8) is 0 Å². The van der Waals surface area contributed by atoms with E-state index < -0.39 is 21.6 Å². The number of rotatable bonds is 13. The molecule has 0 aromatic heterocycles. The molecule has 42 heavy (non-hydrogen) atoms. The summed E-state index contributed by atoms with van der Waals surface area (Å²) in [5, 5.41) is 3.55. The van der Waals surface area contributed by atoms with E-state index in [2.05, 4.69) is 5.32 Å². The van der Waals surface area contributed by atoms with Gasteiger partial charge in [0.05, 0.1) is 11.9 Å². The molecule has 1 atom stereocenters. The third-order valence-corrected chi connectivity index (χ3v) is 8.42. The molecular weight excluding hydrogens is 570 g/mol. The van der Waals surface area contributed by atoms with Gasteiger partial charge in [-0.15, -0.1) is 0 Å². The van der Waals surface area contributed by atoms with Crippen LogP contribution in [0.15, 0.2) is 78.9 Å². The van der Waals surface area contributed by atoms with Crippen molar-refractivity contribution < 1.29 is 18.0 Å². The maximum Gasteiger partial charge on any atom is 0.243 e. The summed E-state index contributed by atoms with van der Waals surface area (Å²) in [6.07, 6.45) is 2.66. The van der Waals surface area contributed by atoms with Gasteiger partial charge in [-0.05, 0) is 68.5 Å². The van der Waals surface area contributed by atoms with E-state index in [1.54, 1.807) is 23.1 Å². The lowest BCUT2D eigenvalue weighted by atomic mass is 10.00. The van der Waals surface area contributed by atoms with Crippen molar-refractivity contribution in [2.45, 2.75) is 71.5 Å². The summed E-state index contributed by atoms with van der Waals surface area (Å²) < 4.78 is 26.7. The van der Waals surface area contributed by atoms with Crippen LogP contribution in [0.25, 0.3) is 0 Å². The Balaban J connectivity index is 1.90. The number of carbonyl (C=O) groups excluding carboxylic acids is 2. The van der Waals surface area contributed by atoms with Gasteiger partial charge >= 0.3 is 0 Å². The van der Waals surface area contributed by atoms with Crippen molar-refractivity contribution in [3.05, 3.63) is 101 Å². The fourth-order valence-electron chi connectivity index (χ4n) is 4.72. The van der Waals surface area contributed by atoms with Crippen LogP contribution in [0.1, 0.15) is 57.2 Å². The van der Waals surface area contributed by atoms with Crippen LogP contribution < -0.4 is 9.62 Å². The summed E-state index contributed by atoms with van der Waals surface area (Å²) in [6, 6.07) is 23.4. The molecule has 3 rings (SSSR count). The van der Waals surface area contributed by atoms with Gasteiger partial charge in [-0.1, -0.05) is 79.2 Å². The van der Waals surface area contributed by atoms with Crippen molar-refractivity contribution in [2.75, 3.05) is 17.1 Å². The number of carbonyl (C=O) groups is 2. The van der Waals surface area contributed by atoms with Gasteiger partial charge in [-0.3, -0.25) is 13.9 Å². The fraction of sp³-hybridized carbons (Fsp3) is 0.394. The molecule has 0 saturated carbocycles. The zero-order valence-corrected chi connectivity index (χ0v) is 26.7.